The molecule has 0 aliphatic carbocycles. The Balaban J connectivity index is 1.15. The van der Waals surface area contributed by atoms with Crippen LogP contribution in [0, 0.1) is 5.92 Å². The highest BCUT2D eigenvalue weighted by atomic mass is 16.8. The third-order valence-corrected chi connectivity index (χ3v) is 11.1. The molecule has 0 unspecified atom stereocenters. The topological polar surface area (TPSA) is 134 Å². The Morgan fingerprint density at radius 1 is 1.02 bits per heavy atom. The predicted molar refractivity (Wildman–Crippen MR) is 198 cm³/mol. The number of nitrogens with one attached hydrogen (secondary N) is 1. The first-order chi connectivity index (χ1) is 25.5. The molecule has 1 N–H and O–H groups in total. The predicted octanol–water partition coefficient (Wildman–Crippen LogP) is 3.36. The van der Waals surface area contributed by atoms with Crippen molar-refractivity contribution in [1.82, 2.24) is 39.0 Å². The number of fused-ring (bicyclic) bond motifs is 2. The number of anilines is 1. The zero-order chi connectivity index (χ0) is 37.0. The number of methoxy groups -OCH3 is 2. The molecule has 8 rings (SSSR count). The van der Waals surface area contributed by atoms with E-state index in [4.69, 9.17) is 38.8 Å². The van der Waals surface area contributed by atoms with Crippen molar-refractivity contribution in [2.75, 3.05) is 66.4 Å². The van der Waals surface area contributed by atoms with Gasteiger partial charge < -0.3 is 48.3 Å². The molecule has 15 nitrogen and oxygen atoms in total. The number of amides is 1. The van der Waals surface area contributed by atoms with E-state index in [1.807, 2.05) is 62.1 Å². The van der Waals surface area contributed by atoms with Gasteiger partial charge in [0.15, 0.2) is 18.1 Å². The average molecular weight is 730 g/mol. The van der Waals surface area contributed by atoms with E-state index in [-0.39, 0.29) is 11.9 Å². The molecular formula is C38H51N9O6. The van der Waals surface area contributed by atoms with Crippen LogP contribution in [0.4, 0.5) is 5.82 Å². The maximum Gasteiger partial charge on any atom is 0.254 e. The Bertz CT molecular complexity index is 1950. The van der Waals surface area contributed by atoms with Crippen LogP contribution in [0.2, 0.25) is 0 Å². The van der Waals surface area contributed by atoms with Gasteiger partial charge >= 0.3 is 0 Å². The van der Waals surface area contributed by atoms with Crippen LogP contribution in [0.3, 0.4) is 0 Å². The minimum absolute atomic E-state index is 0.0280. The lowest BCUT2D eigenvalue weighted by atomic mass is 9.96. The molecule has 4 aliphatic heterocycles. The third kappa shape index (κ3) is 6.84. The van der Waals surface area contributed by atoms with Crippen molar-refractivity contribution in [2.45, 2.75) is 69.6 Å². The van der Waals surface area contributed by atoms with Gasteiger partial charge in [-0.25, -0.2) is 9.97 Å². The number of piperidine rings is 1. The van der Waals surface area contributed by atoms with Gasteiger partial charge in [-0.15, -0.1) is 0 Å². The first kappa shape index (κ1) is 35.7. The Hall–Kier alpha value is -4.28. The summed E-state index contributed by atoms with van der Waals surface area (Å²) in [4.78, 5) is 31.1. The maximum atomic E-state index is 14.8. The summed E-state index contributed by atoms with van der Waals surface area (Å²) in [6.45, 7) is 8.81. The number of benzene rings is 1. The second-order valence-corrected chi connectivity index (χ2v) is 15.4. The number of carbonyl (C=O) groups excluding carboxylic acids is 1. The Morgan fingerprint density at radius 3 is 2.49 bits per heavy atom. The molecule has 15 heteroatoms. The number of hydrogen-bond acceptors (Lipinski definition) is 12. The highest BCUT2D eigenvalue weighted by molar-refractivity contribution is 6.00. The first-order valence-electron chi connectivity index (χ1n) is 18.5. The van der Waals surface area contributed by atoms with Gasteiger partial charge in [0.05, 0.1) is 25.3 Å². The van der Waals surface area contributed by atoms with Crippen molar-refractivity contribution in [1.29, 1.82) is 0 Å². The van der Waals surface area contributed by atoms with Crippen LogP contribution in [0.25, 0.3) is 22.3 Å². The van der Waals surface area contributed by atoms with Crippen LogP contribution in [-0.2, 0) is 32.6 Å². The quantitative estimate of drug-likeness (QED) is 0.243. The van der Waals surface area contributed by atoms with E-state index in [0.717, 1.165) is 61.2 Å². The number of carbonyl (C=O) groups is 1. The second kappa shape index (κ2) is 14.2. The van der Waals surface area contributed by atoms with Crippen molar-refractivity contribution in [3.63, 3.8) is 0 Å². The van der Waals surface area contributed by atoms with Crippen LogP contribution in [0.1, 0.15) is 38.5 Å². The van der Waals surface area contributed by atoms with Gasteiger partial charge in [-0.1, -0.05) is 0 Å². The molecule has 4 aromatic rings. The van der Waals surface area contributed by atoms with Gasteiger partial charge in [-0.3, -0.25) is 9.48 Å². The van der Waals surface area contributed by atoms with Crippen molar-refractivity contribution in [3.05, 3.63) is 48.5 Å². The molecule has 4 atom stereocenters. The van der Waals surface area contributed by atoms with Gasteiger partial charge in [0.2, 0.25) is 0 Å². The highest BCUT2D eigenvalue weighted by Crippen LogP contribution is 2.46. The van der Waals surface area contributed by atoms with Crippen LogP contribution >= 0.6 is 0 Å². The highest BCUT2D eigenvalue weighted by Gasteiger charge is 2.59. The fourth-order valence-corrected chi connectivity index (χ4v) is 8.45. The summed E-state index contributed by atoms with van der Waals surface area (Å²) in [5, 5.41) is 9.06. The zero-order valence-corrected chi connectivity index (χ0v) is 31.7. The summed E-state index contributed by atoms with van der Waals surface area (Å²) in [5.41, 5.74) is 3.13. The molecule has 3 aromatic heterocycles. The summed E-state index contributed by atoms with van der Waals surface area (Å²) in [5.74, 6) is 1.53. The van der Waals surface area contributed by atoms with E-state index < -0.39 is 30.3 Å². The van der Waals surface area contributed by atoms with Crippen molar-refractivity contribution in [2.24, 2.45) is 13.0 Å². The Kier molecular flexibility index (Phi) is 9.56. The monoisotopic (exact) mass is 729 g/mol. The fourth-order valence-electron chi connectivity index (χ4n) is 8.45. The maximum absolute atomic E-state index is 14.8. The molecule has 0 saturated carbocycles. The van der Waals surface area contributed by atoms with Gasteiger partial charge in [0, 0.05) is 74.8 Å². The summed E-state index contributed by atoms with van der Waals surface area (Å²) >= 11 is 0. The van der Waals surface area contributed by atoms with Gasteiger partial charge in [-0.05, 0) is 72.1 Å². The summed E-state index contributed by atoms with van der Waals surface area (Å²) in [7, 11) is 9.43. The SMILES string of the molecule is COc1ccc(CNc2ncnc3c2c(-c2ccn(C)n2)cn3[C@@H]2O[C@H](C(=O)N(CC3CN(C)C3)C3CCN(C)CC3)[C@H]3OC(C)(C)O[C@H]32)c(OC)c1. The summed E-state index contributed by atoms with van der Waals surface area (Å²) in [6.07, 6.45) is 4.60. The smallest absolute Gasteiger partial charge is 0.254 e. The molecule has 53 heavy (non-hydrogen) atoms. The largest absolute Gasteiger partial charge is 0.497 e. The second-order valence-electron chi connectivity index (χ2n) is 15.4. The number of ether oxygens (including phenoxy) is 5. The molecule has 4 fully saturated rings. The van der Waals surface area contributed by atoms with E-state index in [1.165, 1.54) is 6.33 Å². The molecule has 0 spiro atoms. The molecule has 7 heterocycles. The number of aryl methyl sites for hydroxylation is 1. The number of aromatic nitrogens is 5. The van der Waals surface area contributed by atoms with Gasteiger partial charge in [-0.2, -0.15) is 5.10 Å². The van der Waals surface area contributed by atoms with Crippen LogP contribution in [-0.4, -0.2) is 136 Å². The van der Waals surface area contributed by atoms with E-state index in [9.17, 15) is 4.79 Å². The summed E-state index contributed by atoms with van der Waals surface area (Å²) < 4.78 is 34.8. The normalized spacial score (nSPS) is 25.0. The third-order valence-electron chi connectivity index (χ3n) is 11.1. The fraction of sp³-hybridized carbons (Fsp3) is 0.579. The van der Waals surface area contributed by atoms with E-state index in [0.29, 0.717) is 42.0 Å². The zero-order valence-electron chi connectivity index (χ0n) is 31.7. The summed E-state index contributed by atoms with van der Waals surface area (Å²) in [6, 6.07) is 7.84. The van der Waals surface area contributed by atoms with Gasteiger partial charge in [0.1, 0.15) is 41.5 Å². The number of rotatable bonds is 11. The Morgan fingerprint density at radius 2 is 1.79 bits per heavy atom. The molecule has 0 bridgehead atoms. The average Bonchev–Trinajstić information content (AvgIpc) is 3.90. The lowest BCUT2D eigenvalue weighted by molar-refractivity contribution is -0.201. The molecule has 1 amide bonds. The first-order valence-corrected chi connectivity index (χ1v) is 18.5. The lowest BCUT2D eigenvalue weighted by Crippen LogP contribution is -2.57. The molecular weight excluding hydrogens is 678 g/mol. The minimum Gasteiger partial charge on any atom is -0.497 e. The number of nitrogens with zero attached hydrogens (tertiary/aromatic N) is 8. The standard InChI is InChI=1S/C38H51N9O6/c1-38(2)52-31-32(36(48)46(20-23-18-44(4)19-23)25-10-13-43(3)14-11-25)51-37(33(31)53-38)47-21-27(28-12-15-45(5)42-28)30-34(40-22-41-35(30)47)39-17-24-8-9-26(49-6)16-29(24)50-7/h8-9,12,15-16,21-23,25,31-33,37H,10-11,13-14,17-20H2,1-7H3,(H,39,40,41)/t31-,32+,33-,37-/m1/s1. The van der Waals surface area contributed by atoms with Crippen LogP contribution in [0.15, 0.2) is 43.0 Å². The molecule has 4 saturated heterocycles. The molecule has 0 radical (unpaired) electrons. The van der Waals surface area contributed by atoms with E-state index >= 15 is 0 Å². The Labute approximate surface area is 310 Å². The number of likely N-dealkylation sites (tertiary alicyclic amines) is 2. The van der Waals surface area contributed by atoms with Crippen molar-refractivity contribution >= 4 is 22.8 Å². The van der Waals surface area contributed by atoms with Crippen LogP contribution in [0.5, 0.6) is 11.5 Å². The minimum atomic E-state index is -0.906. The van der Waals surface area contributed by atoms with Crippen molar-refractivity contribution < 1.29 is 28.5 Å². The number of hydrogen-bond donors (Lipinski definition) is 1. The molecule has 4 aliphatic rings. The van der Waals surface area contributed by atoms with E-state index in [1.54, 1.807) is 18.9 Å². The lowest BCUT2D eigenvalue weighted by Gasteiger charge is -2.44. The van der Waals surface area contributed by atoms with Crippen molar-refractivity contribution in [3.8, 4) is 22.8 Å². The molecule has 1 aromatic carbocycles. The van der Waals surface area contributed by atoms with Gasteiger partial charge in [0.25, 0.3) is 5.91 Å². The molecule has 284 valence electrons. The van der Waals surface area contributed by atoms with E-state index in [2.05, 4.69) is 34.1 Å². The van der Waals surface area contributed by atoms with Crippen LogP contribution < -0.4 is 14.8 Å².